The van der Waals surface area contributed by atoms with Crippen LogP contribution in [0.2, 0.25) is 0 Å². The summed E-state index contributed by atoms with van der Waals surface area (Å²) in [5.74, 6) is 0.701. The van der Waals surface area contributed by atoms with E-state index in [9.17, 15) is 4.79 Å². The molecule has 1 aliphatic rings. The molecule has 114 valence electrons. The zero-order valence-corrected chi connectivity index (χ0v) is 12.5. The maximum absolute atomic E-state index is 11.3. The number of ketones is 1. The Bertz CT molecular complexity index is 692. The molecule has 0 fully saturated rings. The second kappa shape index (κ2) is 6.87. The van der Waals surface area contributed by atoms with Gasteiger partial charge in [0.05, 0.1) is 19.3 Å². The number of aromatic nitrogens is 2. The zero-order valence-electron chi connectivity index (χ0n) is 12.5. The lowest BCUT2D eigenvalue weighted by atomic mass is 9.93. The van der Waals surface area contributed by atoms with Gasteiger partial charge in [-0.05, 0) is 24.1 Å². The molecule has 0 unspecified atom stereocenters. The van der Waals surface area contributed by atoms with Gasteiger partial charge in [0.25, 0.3) is 0 Å². The predicted octanol–water partition coefficient (Wildman–Crippen LogP) is 2.22. The van der Waals surface area contributed by atoms with Gasteiger partial charge in [0.2, 0.25) is 0 Å². The van der Waals surface area contributed by atoms with Crippen LogP contribution in [0.4, 0.5) is 5.82 Å². The van der Waals surface area contributed by atoms with Crippen LogP contribution in [-0.2, 0) is 6.54 Å². The van der Waals surface area contributed by atoms with Gasteiger partial charge in [0, 0.05) is 11.1 Å². The first-order valence-electron chi connectivity index (χ1n) is 6.94. The minimum atomic E-state index is 0.0676. The number of hydrogen-bond donors (Lipinski definition) is 2. The molecule has 0 bridgehead atoms. The van der Waals surface area contributed by atoms with Gasteiger partial charge in [-0.15, -0.1) is 0 Å². The van der Waals surface area contributed by atoms with Gasteiger partial charge in [-0.3, -0.25) is 4.79 Å². The summed E-state index contributed by atoms with van der Waals surface area (Å²) in [4.78, 5) is 11.3. The van der Waals surface area contributed by atoms with Crippen LogP contribution in [0.25, 0.3) is 5.57 Å². The van der Waals surface area contributed by atoms with Gasteiger partial charge in [-0.1, -0.05) is 36.9 Å². The summed E-state index contributed by atoms with van der Waals surface area (Å²) in [5, 5.41) is 12.5. The summed E-state index contributed by atoms with van der Waals surface area (Å²) in [6.45, 7) is 6.28. The lowest BCUT2D eigenvalue weighted by Gasteiger charge is -2.10. The number of benzene rings is 1. The molecule has 3 rings (SSSR count). The lowest BCUT2D eigenvalue weighted by molar-refractivity contribution is 0.104. The van der Waals surface area contributed by atoms with E-state index >= 15 is 0 Å². The molecule has 22 heavy (non-hydrogen) atoms. The Balaban J connectivity index is 0.000000164. The van der Waals surface area contributed by atoms with Gasteiger partial charge in [0.15, 0.2) is 5.78 Å². The molecule has 0 atom stereocenters. The smallest absolute Gasteiger partial charge is 0.186 e. The molecule has 1 aliphatic carbocycles. The summed E-state index contributed by atoms with van der Waals surface area (Å²) in [5.41, 5.74) is 9.14. The number of fused-ring (bicyclic) bond motifs is 1. The van der Waals surface area contributed by atoms with E-state index in [4.69, 9.17) is 10.8 Å². The Kier molecular flexibility index (Phi) is 4.91. The van der Waals surface area contributed by atoms with Crippen molar-refractivity contribution in [3.63, 3.8) is 0 Å². The van der Waals surface area contributed by atoms with Gasteiger partial charge < -0.3 is 10.8 Å². The largest absolute Gasteiger partial charge is 0.394 e. The topological polar surface area (TPSA) is 81.1 Å². The van der Waals surface area contributed by atoms with E-state index in [1.807, 2.05) is 31.2 Å². The normalized spacial score (nSPS) is 12.6. The van der Waals surface area contributed by atoms with Crippen LogP contribution >= 0.6 is 0 Å². The molecule has 0 saturated carbocycles. The third-order valence-corrected chi connectivity index (χ3v) is 3.36. The van der Waals surface area contributed by atoms with Crippen molar-refractivity contribution in [3.05, 3.63) is 65.9 Å². The number of aliphatic hydroxyl groups is 1. The van der Waals surface area contributed by atoms with Crippen LogP contribution in [0.5, 0.6) is 0 Å². The van der Waals surface area contributed by atoms with Crippen LogP contribution in [0.15, 0.2) is 49.2 Å². The van der Waals surface area contributed by atoms with Crippen molar-refractivity contribution >= 4 is 17.2 Å². The average molecular weight is 297 g/mol. The fourth-order valence-electron chi connectivity index (χ4n) is 2.09. The molecule has 1 aromatic carbocycles. The fourth-order valence-corrected chi connectivity index (χ4v) is 2.09. The van der Waals surface area contributed by atoms with Crippen LogP contribution in [0.1, 0.15) is 21.5 Å². The minimum absolute atomic E-state index is 0.0676. The first-order chi connectivity index (χ1) is 10.5. The second-order valence-corrected chi connectivity index (χ2v) is 4.93. The maximum atomic E-state index is 11.3. The number of nitrogens with two attached hydrogens (primary N) is 1. The van der Waals surface area contributed by atoms with Crippen molar-refractivity contribution in [2.45, 2.75) is 13.5 Å². The van der Waals surface area contributed by atoms with E-state index in [0.717, 1.165) is 22.3 Å². The van der Waals surface area contributed by atoms with Crippen molar-refractivity contribution in [2.24, 2.45) is 0 Å². The highest BCUT2D eigenvalue weighted by Crippen LogP contribution is 2.23. The lowest BCUT2D eigenvalue weighted by Crippen LogP contribution is -2.07. The van der Waals surface area contributed by atoms with Gasteiger partial charge in [-0.2, -0.15) is 5.10 Å². The Morgan fingerprint density at radius 3 is 2.50 bits per heavy atom. The maximum Gasteiger partial charge on any atom is 0.186 e. The summed E-state index contributed by atoms with van der Waals surface area (Å²) in [6.07, 6.45) is 5.00. The number of allylic oxidation sites excluding steroid dienone is 3. The molecule has 5 nitrogen and oxygen atoms in total. The molecule has 1 heterocycles. The number of carbonyl (C=O) groups excluding carboxylic acids is 1. The highest BCUT2D eigenvalue weighted by Gasteiger charge is 2.13. The molecule has 2 aromatic rings. The van der Waals surface area contributed by atoms with Crippen molar-refractivity contribution < 1.29 is 9.90 Å². The second-order valence-electron chi connectivity index (χ2n) is 4.93. The highest BCUT2D eigenvalue weighted by atomic mass is 16.3. The fraction of sp³-hybridized carbons (Fsp3) is 0.176. The summed E-state index contributed by atoms with van der Waals surface area (Å²) >= 11 is 0. The van der Waals surface area contributed by atoms with Crippen LogP contribution < -0.4 is 5.73 Å². The standard InChI is InChI=1S/C11H8O.C6H11N3O/c1-8-6-7-11(12)10-5-3-2-4-9(8)10;1-5-4-8-9(2-3-10)6(5)7/h2-7H,1H2;4,10H,2-3,7H2,1H3. The Hall–Kier alpha value is -2.66. The Labute approximate surface area is 129 Å². The van der Waals surface area contributed by atoms with Crippen LogP contribution in [0.3, 0.4) is 0 Å². The zero-order chi connectivity index (χ0) is 16.1. The molecular weight excluding hydrogens is 278 g/mol. The molecule has 0 radical (unpaired) electrons. The molecule has 1 aromatic heterocycles. The number of nitrogen functional groups attached to an aromatic ring is 1. The molecule has 0 saturated heterocycles. The number of carbonyl (C=O) groups is 1. The third-order valence-electron chi connectivity index (χ3n) is 3.36. The van der Waals surface area contributed by atoms with Crippen molar-refractivity contribution in [1.29, 1.82) is 0 Å². The number of aliphatic hydroxyl groups excluding tert-OH is 1. The van der Waals surface area contributed by atoms with Gasteiger partial charge in [0.1, 0.15) is 5.82 Å². The summed E-state index contributed by atoms with van der Waals surface area (Å²) < 4.78 is 1.58. The quantitative estimate of drug-likeness (QED) is 0.890. The number of nitrogens with zero attached hydrogens (tertiary/aromatic N) is 2. The van der Waals surface area contributed by atoms with E-state index in [2.05, 4.69) is 11.7 Å². The van der Waals surface area contributed by atoms with E-state index < -0.39 is 0 Å². The van der Waals surface area contributed by atoms with Crippen molar-refractivity contribution in [3.8, 4) is 0 Å². The van der Waals surface area contributed by atoms with Crippen LogP contribution in [0, 0.1) is 6.92 Å². The van der Waals surface area contributed by atoms with Gasteiger partial charge in [-0.25, -0.2) is 4.68 Å². The first kappa shape index (κ1) is 15.7. The Morgan fingerprint density at radius 2 is 1.95 bits per heavy atom. The van der Waals surface area contributed by atoms with E-state index in [1.165, 1.54) is 0 Å². The number of anilines is 1. The van der Waals surface area contributed by atoms with Gasteiger partial charge >= 0.3 is 0 Å². The molecule has 3 N–H and O–H groups in total. The molecule has 0 amide bonds. The molecule has 0 aliphatic heterocycles. The average Bonchev–Trinajstić information content (AvgIpc) is 2.85. The van der Waals surface area contributed by atoms with E-state index in [-0.39, 0.29) is 12.4 Å². The SMILES string of the molecule is C=C1C=CC(=O)c2ccccc21.Cc1cnn(CCO)c1N. The number of aryl methyl sites for hydroxylation is 1. The molecular formula is C17H19N3O2. The number of hydrogen-bond acceptors (Lipinski definition) is 4. The minimum Gasteiger partial charge on any atom is -0.394 e. The monoisotopic (exact) mass is 297 g/mol. The number of rotatable bonds is 2. The molecule has 5 heteroatoms. The predicted molar refractivity (Wildman–Crippen MR) is 87.4 cm³/mol. The van der Waals surface area contributed by atoms with Crippen molar-refractivity contribution in [1.82, 2.24) is 9.78 Å². The van der Waals surface area contributed by atoms with Crippen molar-refractivity contribution in [2.75, 3.05) is 12.3 Å². The third kappa shape index (κ3) is 3.32. The summed E-state index contributed by atoms with van der Waals surface area (Å²) in [6, 6.07) is 7.52. The summed E-state index contributed by atoms with van der Waals surface area (Å²) in [7, 11) is 0. The van der Waals surface area contributed by atoms with E-state index in [0.29, 0.717) is 12.4 Å². The van der Waals surface area contributed by atoms with Crippen LogP contribution in [-0.4, -0.2) is 27.3 Å². The Morgan fingerprint density at radius 1 is 1.27 bits per heavy atom. The first-order valence-corrected chi connectivity index (χ1v) is 6.94. The molecule has 0 spiro atoms. The van der Waals surface area contributed by atoms with E-state index in [1.54, 1.807) is 23.0 Å². The highest BCUT2D eigenvalue weighted by molar-refractivity contribution is 6.12.